The summed E-state index contributed by atoms with van der Waals surface area (Å²) in [5.74, 6) is -1.08. The molecule has 24 heavy (non-hydrogen) atoms. The van der Waals surface area contributed by atoms with E-state index in [2.05, 4.69) is 10.1 Å². The van der Waals surface area contributed by atoms with Gasteiger partial charge in [0.2, 0.25) is 0 Å². The summed E-state index contributed by atoms with van der Waals surface area (Å²) in [5, 5.41) is 15.7. The first-order valence-corrected chi connectivity index (χ1v) is 8.43. The lowest BCUT2D eigenvalue weighted by Crippen LogP contribution is -2.52. The number of piperidine rings is 1. The number of imidazole rings is 1. The number of amides is 1. The monoisotopic (exact) mass is 345 g/mol. The second-order valence-corrected chi connectivity index (χ2v) is 6.67. The molecule has 0 unspecified atom stereocenters. The van der Waals surface area contributed by atoms with E-state index >= 15 is 0 Å². The van der Waals surface area contributed by atoms with E-state index in [-0.39, 0.29) is 5.91 Å². The lowest BCUT2D eigenvalue weighted by Gasteiger charge is -2.38. The van der Waals surface area contributed by atoms with Gasteiger partial charge in [0.1, 0.15) is 5.69 Å². The normalized spacial score (nSPS) is 17.2. The summed E-state index contributed by atoms with van der Waals surface area (Å²) in [7, 11) is 0. The molecule has 0 aliphatic carbocycles. The van der Waals surface area contributed by atoms with Crippen LogP contribution in [0.5, 0.6) is 0 Å². The van der Waals surface area contributed by atoms with Crippen molar-refractivity contribution in [2.75, 3.05) is 13.1 Å². The fourth-order valence-corrected chi connectivity index (χ4v) is 3.84. The van der Waals surface area contributed by atoms with E-state index in [1.165, 1.54) is 16.0 Å². The SMILES string of the molecule is O=C(c1cn2ccsc2n1)N1CCC(C(=O)O)(n2cccn2)CC1. The highest BCUT2D eigenvalue weighted by molar-refractivity contribution is 7.15. The summed E-state index contributed by atoms with van der Waals surface area (Å²) in [5.41, 5.74) is -0.696. The molecule has 0 bridgehead atoms. The molecular formula is C15H15N5O3S. The number of thiazole rings is 1. The molecule has 4 heterocycles. The van der Waals surface area contributed by atoms with Crippen LogP contribution in [0.1, 0.15) is 23.3 Å². The smallest absolute Gasteiger partial charge is 0.331 e. The lowest BCUT2D eigenvalue weighted by molar-refractivity contribution is -0.150. The number of carbonyl (C=O) groups is 2. The number of nitrogens with zero attached hydrogens (tertiary/aromatic N) is 5. The van der Waals surface area contributed by atoms with E-state index in [0.29, 0.717) is 31.6 Å². The van der Waals surface area contributed by atoms with Gasteiger partial charge in [-0.2, -0.15) is 5.10 Å². The average molecular weight is 345 g/mol. The lowest BCUT2D eigenvalue weighted by atomic mass is 9.87. The van der Waals surface area contributed by atoms with Gasteiger partial charge in [0.05, 0.1) is 0 Å². The van der Waals surface area contributed by atoms with Gasteiger partial charge in [-0.15, -0.1) is 11.3 Å². The Morgan fingerprint density at radius 1 is 1.25 bits per heavy atom. The average Bonchev–Trinajstić information content (AvgIpc) is 3.30. The van der Waals surface area contributed by atoms with Gasteiger partial charge < -0.3 is 10.0 Å². The Hall–Kier alpha value is -2.68. The van der Waals surface area contributed by atoms with Gasteiger partial charge in [-0.25, -0.2) is 9.78 Å². The maximum absolute atomic E-state index is 12.6. The minimum Gasteiger partial charge on any atom is -0.479 e. The number of likely N-dealkylation sites (tertiary alicyclic amines) is 1. The fraction of sp³-hybridized carbons (Fsp3) is 0.333. The van der Waals surface area contributed by atoms with Gasteiger partial charge in [0.15, 0.2) is 10.5 Å². The number of rotatable bonds is 3. The van der Waals surface area contributed by atoms with Crippen molar-refractivity contribution in [2.45, 2.75) is 18.4 Å². The highest BCUT2D eigenvalue weighted by atomic mass is 32.1. The van der Waals surface area contributed by atoms with Crippen molar-refractivity contribution in [2.24, 2.45) is 0 Å². The van der Waals surface area contributed by atoms with Crippen molar-refractivity contribution in [3.05, 3.63) is 41.9 Å². The molecule has 0 radical (unpaired) electrons. The third-order valence-electron chi connectivity index (χ3n) is 4.53. The van der Waals surface area contributed by atoms with Crippen LogP contribution in [0, 0.1) is 0 Å². The first-order valence-electron chi connectivity index (χ1n) is 7.55. The van der Waals surface area contributed by atoms with Gasteiger partial charge in [-0.3, -0.25) is 13.9 Å². The quantitative estimate of drug-likeness (QED) is 0.772. The van der Waals surface area contributed by atoms with Crippen LogP contribution in [0.3, 0.4) is 0 Å². The van der Waals surface area contributed by atoms with Crippen LogP contribution < -0.4 is 0 Å². The Balaban J connectivity index is 1.53. The Kier molecular flexibility index (Phi) is 3.38. The molecule has 4 rings (SSSR count). The van der Waals surface area contributed by atoms with Gasteiger partial charge in [-0.1, -0.05) is 0 Å². The van der Waals surface area contributed by atoms with E-state index in [4.69, 9.17) is 0 Å². The minimum atomic E-state index is -1.09. The molecule has 0 spiro atoms. The van der Waals surface area contributed by atoms with E-state index in [1.807, 2.05) is 16.0 Å². The van der Waals surface area contributed by atoms with Crippen LogP contribution in [-0.2, 0) is 10.3 Å². The first kappa shape index (κ1) is 14.9. The highest BCUT2D eigenvalue weighted by Gasteiger charge is 2.45. The predicted octanol–water partition coefficient (Wildman–Crippen LogP) is 1.31. The molecule has 1 N–H and O–H groups in total. The molecule has 9 heteroatoms. The van der Waals surface area contributed by atoms with Crippen LogP contribution in [0.2, 0.25) is 0 Å². The van der Waals surface area contributed by atoms with Crippen molar-refractivity contribution < 1.29 is 14.7 Å². The summed E-state index contributed by atoms with van der Waals surface area (Å²) in [4.78, 5) is 31.2. The molecular weight excluding hydrogens is 330 g/mol. The molecule has 1 amide bonds. The molecule has 8 nitrogen and oxygen atoms in total. The molecule has 0 atom stereocenters. The van der Waals surface area contributed by atoms with Gasteiger partial charge in [0, 0.05) is 56.1 Å². The van der Waals surface area contributed by atoms with Crippen LogP contribution in [0.25, 0.3) is 4.96 Å². The highest BCUT2D eigenvalue weighted by Crippen LogP contribution is 2.30. The third-order valence-corrected chi connectivity index (χ3v) is 5.30. The standard InChI is InChI=1S/C15H15N5O3S/c21-12(11-10-19-8-9-24-14(19)17-11)18-6-2-15(3-7-18,13(22)23)20-5-1-4-16-20/h1,4-5,8-10H,2-3,6-7H2,(H,22,23). The van der Waals surface area contributed by atoms with E-state index in [9.17, 15) is 14.7 Å². The van der Waals surface area contributed by atoms with Crippen molar-refractivity contribution in [1.82, 2.24) is 24.1 Å². The maximum atomic E-state index is 12.6. The zero-order valence-corrected chi connectivity index (χ0v) is 13.5. The Morgan fingerprint density at radius 2 is 2.04 bits per heavy atom. The predicted molar refractivity (Wildman–Crippen MR) is 86.0 cm³/mol. The Bertz CT molecular complexity index is 861. The Morgan fingerprint density at radius 3 is 2.67 bits per heavy atom. The molecule has 1 aliphatic rings. The Labute approximate surface area is 140 Å². The van der Waals surface area contributed by atoms with Crippen LogP contribution in [0.15, 0.2) is 36.2 Å². The summed E-state index contributed by atoms with van der Waals surface area (Å²) in [6.45, 7) is 0.715. The molecule has 1 saturated heterocycles. The third kappa shape index (κ3) is 2.20. The van der Waals surface area contributed by atoms with Gasteiger partial charge in [0.25, 0.3) is 5.91 Å². The van der Waals surface area contributed by atoms with E-state index < -0.39 is 11.5 Å². The van der Waals surface area contributed by atoms with Gasteiger partial charge >= 0.3 is 5.97 Å². The zero-order valence-electron chi connectivity index (χ0n) is 12.7. The molecule has 1 aliphatic heterocycles. The van der Waals surface area contributed by atoms with E-state index in [0.717, 1.165) is 4.96 Å². The van der Waals surface area contributed by atoms with Crippen molar-refractivity contribution in [3.8, 4) is 0 Å². The number of hydrogen-bond acceptors (Lipinski definition) is 5. The van der Waals surface area contributed by atoms with Crippen molar-refractivity contribution in [1.29, 1.82) is 0 Å². The number of hydrogen-bond donors (Lipinski definition) is 1. The second-order valence-electron chi connectivity index (χ2n) is 5.80. The zero-order chi connectivity index (χ0) is 16.7. The van der Waals surface area contributed by atoms with Crippen LogP contribution in [-0.4, -0.2) is 54.1 Å². The second kappa shape index (κ2) is 5.45. The van der Waals surface area contributed by atoms with Gasteiger partial charge in [-0.05, 0) is 6.07 Å². The number of aliphatic carboxylic acids is 1. The molecule has 0 aromatic carbocycles. The molecule has 0 saturated carbocycles. The van der Waals surface area contributed by atoms with Crippen LogP contribution in [0.4, 0.5) is 0 Å². The van der Waals surface area contributed by atoms with Crippen molar-refractivity contribution in [3.63, 3.8) is 0 Å². The fourth-order valence-electron chi connectivity index (χ4n) is 3.14. The number of aromatic nitrogens is 4. The molecule has 3 aromatic heterocycles. The number of carboxylic acid groups (broad SMARTS) is 1. The molecule has 3 aromatic rings. The molecule has 124 valence electrons. The maximum Gasteiger partial charge on any atom is 0.331 e. The minimum absolute atomic E-state index is 0.162. The number of fused-ring (bicyclic) bond motifs is 1. The first-order chi connectivity index (χ1) is 11.6. The summed E-state index contributed by atoms with van der Waals surface area (Å²) in [6.07, 6.45) is 7.43. The largest absolute Gasteiger partial charge is 0.479 e. The summed E-state index contributed by atoms with van der Waals surface area (Å²) < 4.78 is 3.30. The number of carbonyl (C=O) groups excluding carboxylic acids is 1. The van der Waals surface area contributed by atoms with E-state index in [1.54, 1.807) is 29.6 Å². The number of carboxylic acids is 1. The molecule has 1 fully saturated rings. The summed E-state index contributed by atoms with van der Waals surface area (Å²) in [6, 6.07) is 1.71. The topological polar surface area (TPSA) is 92.7 Å². The summed E-state index contributed by atoms with van der Waals surface area (Å²) >= 11 is 1.47. The van der Waals surface area contributed by atoms with Crippen molar-refractivity contribution >= 4 is 28.2 Å². The van der Waals surface area contributed by atoms with Crippen LogP contribution >= 0.6 is 11.3 Å².